The number of carbonyl (C=O) groups excluding carboxylic acids is 2. The molecule has 116 valence electrons. The van der Waals surface area contributed by atoms with Crippen LogP contribution < -0.4 is 5.32 Å². The average molecular weight is 332 g/mol. The zero-order valence-corrected chi connectivity index (χ0v) is 14.0. The maximum atomic E-state index is 12.3. The van der Waals surface area contributed by atoms with E-state index < -0.39 is 0 Å². The molecule has 1 rings (SSSR count). The Morgan fingerprint density at radius 1 is 1.33 bits per heavy atom. The van der Waals surface area contributed by atoms with Crippen molar-refractivity contribution in [1.82, 2.24) is 15.2 Å². The summed E-state index contributed by atoms with van der Waals surface area (Å²) < 4.78 is 0. The van der Waals surface area contributed by atoms with Gasteiger partial charge in [0.05, 0.1) is 17.1 Å². The molecule has 7 heteroatoms. The summed E-state index contributed by atoms with van der Waals surface area (Å²) in [6, 6.07) is 1.45. The number of rotatable bonds is 4. The van der Waals surface area contributed by atoms with Gasteiger partial charge in [-0.1, -0.05) is 23.2 Å². The summed E-state index contributed by atoms with van der Waals surface area (Å²) in [5.74, 6) is -0.529. The molecule has 21 heavy (non-hydrogen) atoms. The van der Waals surface area contributed by atoms with E-state index >= 15 is 0 Å². The Labute approximate surface area is 134 Å². The van der Waals surface area contributed by atoms with Crippen LogP contribution in [0.2, 0.25) is 10.2 Å². The van der Waals surface area contributed by atoms with E-state index in [1.54, 1.807) is 6.92 Å². The van der Waals surface area contributed by atoms with Crippen molar-refractivity contribution in [3.63, 3.8) is 0 Å². The molecular formula is C14H19Cl2N3O2. The first-order valence-electron chi connectivity index (χ1n) is 6.55. The summed E-state index contributed by atoms with van der Waals surface area (Å²) in [6.07, 6.45) is 1.35. The van der Waals surface area contributed by atoms with Crippen molar-refractivity contribution in [2.45, 2.75) is 33.2 Å². The number of likely N-dealkylation sites (N-methyl/N-ethyl adjacent to an activating group) is 1. The van der Waals surface area contributed by atoms with Gasteiger partial charge in [0.1, 0.15) is 5.15 Å². The van der Waals surface area contributed by atoms with Crippen LogP contribution in [0.4, 0.5) is 0 Å². The van der Waals surface area contributed by atoms with Gasteiger partial charge in [-0.15, -0.1) is 0 Å². The Morgan fingerprint density at radius 3 is 2.43 bits per heavy atom. The van der Waals surface area contributed by atoms with E-state index in [2.05, 4.69) is 10.3 Å². The molecule has 1 aromatic heterocycles. The fraction of sp³-hybridized carbons (Fsp3) is 0.500. The standard InChI is InChI=1S/C14H19Cl2N3O2/c1-5-19(8-11(20)18-14(2,3)4)13(21)9-6-10(15)12(16)17-7-9/h6-7H,5,8H2,1-4H3,(H,18,20). The van der Waals surface area contributed by atoms with Crippen LogP contribution in [0, 0.1) is 0 Å². The third kappa shape index (κ3) is 5.52. The van der Waals surface area contributed by atoms with E-state index in [1.807, 2.05) is 20.8 Å². The molecule has 0 aliphatic heterocycles. The van der Waals surface area contributed by atoms with E-state index in [-0.39, 0.29) is 34.1 Å². The minimum atomic E-state index is -0.343. The SMILES string of the molecule is CCN(CC(=O)NC(C)(C)C)C(=O)c1cnc(Cl)c(Cl)c1. The molecule has 0 bridgehead atoms. The zero-order valence-electron chi connectivity index (χ0n) is 12.5. The van der Waals surface area contributed by atoms with Crippen molar-refractivity contribution in [3.05, 3.63) is 28.0 Å². The second-order valence-electron chi connectivity index (χ2n) is 5.61. The van der Waals surface area contributed by atoms with E-state index in [0.717, 1.165) is 0 Å². The smallest absolute Gasteiger partial charge is 0.255 e. The molecule has 0 aliphatic carbocycles. The predicted octanol–water partition coefficient (Wildman–Crippen LogP) is 2.77. The Kier molecular flexibility index (Phi) is 5.98. The Bertz CT molecular complexity index is 542. The van der Waals surface area contributed by atoms with Crippen LogP contribution in [-0.2, 0) is 4.79 Å². The van der Waals surface area contributed by atoms with Gasteiger partial charge in [0.25, 0.3) is 5.91 Å². The number of amides is 2. The minimum Gasteiger partial charge on any atom is -0.350 e. The Balaban J connectivity index is 2.82. The largest absolute Gasteiger partial charge is 0.350 e. The molecule has 0 atom stereocenters. The third-order valence-electron chi connectivity index (χ3n) is 2.56. The van der Waals surface area contributed by atoms with Crippen LogP contribution in [0.5, 0.6) is 0 Å². The number of hydrogen-bond acceptors (Lipinski definition) is 3. The summed E-state index contributed by atoms with van der Waals surface area (Å²) in [7, 11) is 0. The molecule has 0 fully saturated rings. The van der Waals surface area contributed by atoms with Crippen LogP contribution >= 0.6 is 23.2 Å². The number of aromatic nitrogens is 1. The predicted molar refractivity (Wildman–Crippen MR) is 83.7 cm³/mol. The van der Waals surface area contributed by atoms with Gasteiger partial charge in [0, 0.05) is 18.3 Å². The highest BCUT2D eigenvalue weighted by atomic mass is 35.5. The van der Waals surface area contributed by atoms with Gasteiger partial charge < -0.3 is 10.2 Å². The second-order valence-corrected chi connectivity index (χ2v) is 6.38. The first-order chi connectivity index (χ1) is 9.64. The summed E-state index contributed by atoms with van der Waals surface area (Å²) in [4.78, 5) is 29.5. The van der Waals surface area contributed by atoms with E-state index in [4.69, 9.17) is 23.2 Å². The second kappa shape index (κ2) is 7.09. The van der Waals surface area contributed by atoms with Crippen molar-refractivity contribution in [2.24, 2.45) is 0 Å². The van der Waals surface area contributed by atoms with Crippen LogP contribution in [0.1, 0.15) is 38.1 Å². The number of pyridine rings is 1. The molecule has 0 spiro atoms. The number of halogens is 2. The Morgan fingerprint density at radius 2 is 1.95 bits per heavy atom. The van der Waals surface area contributed by atoms with E-state index in [0.29, 0.717) is 12.1 Å². The van der Waals surface area contributed by atoms with Gasteiger partial charge in [-0.05, 0) is 33.8 Å². The molecular weight excluding hydrogens is 313 g/mol. The fourth-order valence-corrected chi connectivity index (χ4v) is 1.95. The molecule has 0 saturated carbocycles. The minimum absolute atomic E-state index is 0.0210. The lowest BCUT2D eigenvalue weighted by Gasteiger charge is -2.25. The molecule has 1 N–H and O–H groups in total. The summed E-state index contributed by atoms with van der Waals surface area (Å²) in [6.45, 7) is 7.82. The molecule has 1 heterocycles. The fourth-order valence-electron chi connectivity index (χ4n) is 1.68. The van der Waals surface area contributed by atoms with Crippen molar-refractivity contribution in [3.8, 4) is 0 Å². The molecule has 0 unspecified atom stereocenters. The highest BCUT2D eigenvalue weighted by Gasteiger charge is 2.21. The molecule has 0 aliphatic rings. The zero-order chi connectivity index (χ0) is 16.2. The van der Waals surface area contributed by atoms with Gasteiger partial charge in [0.15, 0.2) is 0 Å². The average Bonchev–Trinajstić information content (AvgIpc) is 2.36. The van der Waals surface area contributed by atoms with Crippen molar-refractivity contribution in [1.29, 1.82) is 0 Å². The first-order valence-corrected chi connectivity index (χ1v) is 7.31. The molecule has 5 nitrogen and oxygen atoms in total. The maximum absolute atomic E-state index is 12.3. The van der Waals surface area contributed by atoms with E-state index in [1.165, 1.54) is 17.2 Å². The highest BCUT2D eigenvalue weighted by molar-refractivity contribution is 6.41. The summed E-state index contributed by atoms with van der Waals surface area (Å²) in [5, 5.41) is 3.16. The summed E-state index contributed by atoms with van der Waals surface area (Å²) in [5.41, 5.74) is -0.0418. The molecule has 0 radical (unpaired) electrons. The maximum Gasteiger partial charge on any atom is 0.255 e. The lowest BCUT2D eigenvalue weighted by molar-refractivity contribution is -0.123. The lowest BCUT2D eigenvalue weighted by atomic mass is 10.1. The molecule has 0 aromatic carbocycles. The van der Waals surface area contributed by atoms with Crippen molar-refractivity contribution >= 4 is 35.0 Å². The Hall–Kier alpha value is -1.33. The molecule has 2 amide bonds. The number of hydrogen-bond donors (Lipinski definition) is 1. The van der Waals surface area contributed by atoms with Crippen molar-refractivity contribution < 1.29 is 9.59 Å². The van der Waals surface area contributed by atoms with Crippen LogP contribution in [0.25, 0.3) is 0 Å². The van der Waals surface area contributed by atoms with Gasteiger partial charge in [-0.2, -0.15) is 0 Å². The monoisotopic (exact) mass is 331 g/mol. The highest BCUT2D eigenvalue weighted by Crippen LogP contribution is 2.20. The van der Waals surface area contributed by atoms with Crippen LogP contribution in [-0.4, -0.2) is 40.3 Å². The number of nitrogens with zero attached hydrogens (tertiary/aromatic N) is 2. The van der Waals surface area contributed by atoms with Crippen molar-refractivity contribution in [2.75, 3.05) is 13.1 Å². The third-order valence-corrected chi connectivity index (χ3v) is 3.25. The van der Waals surface area contributed by atoms with Gasteiger partial charge >= 0.3 is 0 Å². The van der Waals surface area contributed by atoms with Gasteiger partial charge in [-0.25, -0.2) is 4.98 Å². The first kappa shape index (κ1) is 17.7. The van der Waals surface area contributed by atoms with Crippen LogP contribution in [0.15, 0.2) is 12.3 Å². The molecule has 1 aromatic rings. The quantitative estimate of drug-likeness (QED) is 0.863. The summed E-state index contributed by atoms with van der Waals surface area (Å²) >= 11 is 11.6. The topological polar surface area (TPSA) is 62.3 Å². The van der Waals surface area contributed by atoms with Gasteiger partial charge in [0.2, 0.25) is 5.91 Å². The van der Waals surface area contributed by atoms with Gasteiger partial charge in [-0.3, -0.25) is 9.59 Å². The lowest BCUT2D eigenvalue weighted by Crippen LogP contribution is -2.47. The normalized spacial score (nSPS) is 11.1. The van der Waals surface area contributed by atoms with E-state index in [9.17, 15) is 9.59 Å². The molecule has 0 saturated heterocycles. The number of carbonyl (C=O) groups is 2. The number of nitrogens with one attached hydrogen (secondary N) is 1. The van der Waals surface area contributed by atoms with Crippen LogP contribution in [0.3, 0.4) is 0 Å².